The summed E-state index contributed by atoms with van der Waals surface area (Å²) in [6.45, 7) is 9.28. The second-order valence-corrected chi connectivity index (χ2v) is 7.02. The van der Waals surface area contributed by atoms with Gasteiger partial charge in [-0.3, -0.25) is 0 Å². The molecule has 2 aromatic heterocycles. The average molecular weight is 293 g/mol. The molecule has 20 heavy (non-hydrogen) atoms. The molecule has 0 radical (unpaired) electrons. The monoisotopic (exact) mass is 293 g/mol. The summed E-state index contributed by atoms with van der Waals surface area (Å²) in [4.78, 5) is 17.1. The van der Waals surface area contributed by atoms with E-state index in [-0.39, 0.29) is 4.75 Å². The van der Waals surface area contributed by atoms with Crippen LogP contribution >= 0.6 is 11.8 Å². The Bertz CT molecular complexity index is 547. The Labute approximate surface area is 122 Å². The second kappa shape index (κ2) is 6.17. The maximum absolute atomic E-state index is 4.43. The van der Waals surface area contributed by atoms with Gasteiger partial charge in [-0.2, -0.15) is 24.7 Å². The van der Waals surface area contributed by atoms with Gasteiger partial charge in [-0.05, 0) is 6.42 Å². The smallest absolute Gasteiger partial charge is 0.257 e. The Morgan fingerprint density at radius 1 is 1.25 bits per heavy atom. The lowest BCUT2D eigenvalue weighted by molar-refractivity contribution is 0.744. The van der Waals surface area contributed by atoms with Gasteiger partial charge in [0.15, 0.2) is 5.16 Å². The SMILES string of the molecule is CCCNc1nc(SC(C)(C)C)nc(-n2cncn2)n1. The molecule has 0 unspecified atom stereocenters. The van der Waals surface area contributed by atoms with Gasteiger partial charge in [0, 0.05) is 11.3 Å². The predicted molar refractivity (Wildman–Crippen MR) is 79.1 cm³/mol. The van der Waals surface area contributed by atoms with Crippen molar-refractivity contribution in [3.8, 4) is 5.95 Å². The Morgan fingerprint density at radius 3 is 2.65 bits per heavy atom. The molecule has 0 aliphatic rings. The van der Waals surface area contributed by atoms with E-state index in [2.05, 4.69) is 58.0 Å². The van der Waals surface area contributed by atoms with Gasteiger partial charge in [0.05, 0.1) is 0 Å². The summed E-state index contributed by atoms with van der Waals surface area (Å²) in [7, 11) is 0. The minimum Gasteiger partial charge on any atom is -0.354 e. The van der Waals surface area contributed by atoms with E-state index >= 15 is 0 Å². The van der Waals surface area contributed by atoms with Crippen LogP contribution in [0.2, 0.25) is 0 Å². The molecule has 0 amide bonds. The van der Waals surface area contributed by atoms with Gasteiger partial charge >= 0.3 is 0 Å². The van der Waals surface area contributed by atoms with Gasteiger partial charge in [0.25, 0.3) is 5.95 Å². The van der Waals surface area contributed by atoms with Gasteiger partial charge in [0.1, 0.15) is 12.7 Å². The maximum atomic E-state index is 4.43. The summed E-state index contributed by atoms with van der Waals surface area (Å²) in [6.07, 6.45) is 4.04. The number of thioether (sulfide) groups is 1. The van der Waals surface area contributed by atoms with E-state index in [1.54, 1.807) is 18.1 Å². The van der Waals surface area contributed by atoms with Crippen molar-refractivity contribution in [2.45, 2.75) is 44.0 Å². The van der Waals surface area contributed by atoms with E-state index in [1.807, 2.05) is 0 Å². The van der Waals surface area contributed by atoms with Crippen molar-refractivity contribution in [1.29, 1.82) is 0 Å². The van der Waals surface area contributed by atoms with Crippen LogP contribution in [-0.4, -0.2) is 41.0 Å². The standard InChI is InChI=1S/C12H19N7S/c1-5-6-14-9-16-10(19-8-13-7-15-19)18-11(17-9)20-12(2,3)4/h7-8H,5-6H2,1-4H3,(H,14,16,17,18). The predicted octanol–water partition coefficient (Wildman–Crippen LogP) is 2.16. The highest BCUT2D eigenvalue weighted by molar-refractivity contribution is 8.00. The summed E-state index contributed by atoms with van der Waals surface area (Å²) in [6, 6.07) is 0. The lowest BCUT2D eigenvalue weighted by Gasteiger charge is -2.16. The fourth-order valence-corrected chi connectivity index (χ4v) is 2.20. The minimum atomic E-state index is 0.0308. The average Bonchev–Trinajstić information content (AvgIpc) is 2.87. The third-order valence-corrected chi connectivity index (χ3v) is 3.13. The minimum absolute atomic E-state index is 0.0308. The molecule has 1 N–H and O–H groups in total. The van der Waals surface area contributed by atoms with Crippen LogP contribution in [0.5, 0.6) is 0 Å². The van der Waals surface area contributed by atoms with Crippen molar-refractivity contribution < 1.29 is 0 Å². The van der Waals surface area contributed by atoms with Crippen LogP contribution in [0.4, 0.5) is 5.95 Å². The highest BCUT2D eigenvalue weighted by atomic mass is 32.2. The first-order valence-electron chi connectivity index (χ1n) is 6.52. The number of hydrogen-bond acceptors (Lipinski definition) is 7. The summed E-state index contributed by atoms with van der Waals surface area (Å²) in [5, 5.41) is 7.92. The van der Waals surface area contributed by atoms with E-state index in [0.29, 0.717) is 17.1 Å². The molecule has 0 fully saturated rings. The molecule has 108 valence electrons. The third-order valence-electron chi connectivity index (χ3n) is 2.16. The summed E-state index contributed by atoms with van der Waals surface area (Å²) >= 11 is 1.60. The molecular formula is C12H19N7S. The van der Waals surface area contributed by atoms with Crippen LogP contribution in [0, 0.1) is 0 Å². The Kier molecular flexibility index (Phi) is 4.53. The molecule has 0 spiro atoms. The first-order chi connectivity index (χ1) is 9.48. The molecule has 2 aromatic rings. The fraction of sp³-hybridized carbons (Fsp3) is 0.583. The summed E-state index contributed by atoms with van der Waals surface area (Å²) in [5.41, 5.74) is 0. The quantitative estimate of drug-likeness (QED) is 0.846. The van der Waals surface area contributed by atoms with Crippen molar-refractivity contribution in [3.05, 3.63) is 12.7 Å². The fourth-order valence-electron chi connectivity index (χ4n) is 1.40. The number of nitrogens with zero attached hydrogens (tertiary/aromatic N) is 6. The number of hydrogen-bond donors (Lipinski definition) is 1. The van der Waals surface area contributed by atoms with Crippen LogP contribution in [0.1, 0.15) is 34.1 Å². The highest BCUT2D eigenvalue weighted by Crippen LogP contribution is 2.29. The van der Waals surface area contributed by atoms with Crippen molar-refractivity contribution in [2.75, 3.05) is 11.9 Å². The first-order valence-corrected chi connectivity index (χ1v) is 7.33. The summed E-state index contributed by atoms with van der Waals surface area (Å²) in [5.74, 6) is 1.04. The normalized spacial score (nSPS) is 11.6. The van der Waals surface area contributed by atoms with E-state index in [9.17, 15) is 0 Å². The van der Waals surface area contributed by atoms with Crippen LogP contribution in [-0.2, 0) is 0 Å². The topological polar surface area (TPSA) is 81.4 Å². The Hall–Kier alpha value is -1.70. The Morgan fingerprint density at radius 2 is 2.05 bits per heavy atom. The zero-order chi connectivity index (χ0) is 14.6. The molecule has 2 rings (SSSR count). The van der Waals surface area contributed by atoms with Crippen LogP contribution in [0.25, 0.3) is 5.95 Å². The molecule has 8 heteroatoms. The zero-order valence-electron chi connectivity index (χ0n) is 12.2. The molecule has 0 aromatic carbocycles. The molecule has 0 aliphatic heterocycles. The molecule has 7 nitrogen and oxygen atoms in total. The van der Waals surface area contributed by atoms with E-state index in [0.717, 1.165) is 13.0 Å². The van der Waals surface area contributed by atoms with Gasteiger partial charge in [-0.25, -0.2) is 4.98 Å². The van der Waals surface area contributed by atoms with Crippen molar-refractivity contribution in [1.82, 2.24) is 29.7 Å². The zero-order valence-corrected chi connectivity index (χ0v) is 13.0. The molecule has 0 saturated carbocycles. The number of rotatable bonds is 5. The molecule has 2 heterocycles. The van der Waals surface area contributed by atoms with E-state index in [4.69, 9.17) is 0 Å². The lowest BCUT2D eigenvalue weighted by atomic mass is 10.3. The lowest BCUT2D eigenvalue weighted by Crippen LogP contribution is -2.13. The highest BCUT2D eigenvalue weighted by Gasteiger charge is 2.17. The molecule has 0 bridgehead atoms. The van der Waals surface area contributed by atoms with Crippen LogP contribution in [0.3, 0.4) is 0 Å². The van der Waals surface area contributed by atoms with Crippen molar-refractivity contribution in [2.24, 2.45) is 0 Å². The van der Waals surface area contributed by atoms with Gasteiger partial charge < -0.3 is 5.32 Å². The first kappa shape index (κ1) is 14.7. The van der Waals surface area contributed by atoms with Gasteiger partial charge in [-0.1, -0.05) is 39.5 Å². The van der Waals surface area contributed by atoms with E-state index < -0.39 is 0 Å². The molecule has 0 aliphatic carbocycles. The number of nitrogens with one attached hydrogen (secondary N) is 1. The third kappa shape index (κ3) is 4.16. The number of aromatic nitrogens is 6. The van der Waals surface area contributed by atoms with E-state index in [1.165, 1.54) is 11.0 Å². The number of anilines is 1. The van der Waals surface area contributed by atoms with Crippen molar-refractivity contribution >= 4 is 17.7 Å². The van der Waals surface area contributed by atoms with Gasteiger partial charge in [0.2, 0.25) is 5.95 Å². The largest absolute Gasteiger partial charge is 0.354 e. The Balaban J connectivity index is 2.33. The van der Waals surface area contributed by atoms with Gasteiger partial charge in [-0.15, -0.1) is 0 Å². The molecule has 0 atom stereocenters. The molecular weight excluding hydrogens is 274 g/mol. The summed E-state index contributed by atoms with van der Waals surface area (Å²) < 4.78 is 1.56. The van der Waals surface area contributed by atoms with Crippen LogP contribution < -0.4 is 5.32 Å². The van der Waals surface area contributed by atoms with Crippen LogP contribution in [0.15, 0.2) is 17.8 Å². The second-order valence-electron chi connectivity index (χ2n) is 5.22. The molecule has 0 saturated heterocycles. The maximum Gasteiger partial charge on any atom is 0.257 e. The van der Waals surface area contributed by atoms with Crippen molar-refractivity contribution in [3.63, 3.8) is 0 Å².